The summed E-state index contributed by atoms with van der Waals surface area (Å²) in [5, 5.41) is 5.10. The molecular formula is C32H53ClN2. The van der Waals surface area contributed by atoms with Gasteiger partial charge < -0.3 is 10.2 Å². The van der Waals surface area contributed by atoms with Crippen molar-refractivity contribution in [3.8, 4) is 0 Å². The predicted molar refractivity (Wildman–Crippen MR) is 153 cm³/mol. The van der Waals surface area contributed by atoms with Crippen molar-refractivity contribution in [1.29, 1.82) is 0 Å². The maximum atomic E-state index is 6.28. The van der Waals surface area contributed by atoms with Crippen LogP contribution in [0.3, 0.4) is 0 Å². The highest BCUT2D eigenvalue weighted by Crippen LogP contribution is 2.45. The Kier molecular flexibility index (Phi) is 9.66. The van der Waals surface area contributed by atoms with E-state index in [0.717, 1.165) is 47.6 Å². The molecule has 0 spiro atoms. The first-order valence-corrected chi connectivity index (χ1v) is 15.3. The Labute approximate surface area is 222 Å². The second kappa shape index (κ2) is 12.3. The molecule has 0 aromatic carbocycles. The van der Waals surface area contributed by atoms with E-state index in [1.807, 2.05) is 0 Å². The van der Waals surface area contributed by atoms with Gasteiger partial charge in [-0.3, -0.25) is 0 Å². The minimum absolute atomic E-state index is 0.378. The zero-order valence-corrected chi connectivity index (χ0v) is 24.1. The Hall–Kier alpha value is -0.570. The molecule has 35 heavy (non-hydrogen) atoms. The fraction of sp³-hybridized carbons (Fsp3) is 0.812. The molecule has 0 bridgehead atoms. The number of halogens is 1. The molecule has 4 aliphatic rings. The lowest BCUT2D eigenvalue weighted by Gasteiger charge is -2.49. The SMILES string of the molecule is CC1CCCCC1C1C=CC=C(CN[C@@H](CN2CC[C@H](C3CC=C(Cl)CC3)C(C)(C)C2)C(C)C)C1. The van der Waals surface area contributed by atoms with Gasteiger partial charge in [0.2, 0.25) is 0 Å². The molecule has 0 aromatic heterocycles. The maximum absolute atomic E-state index is 6.28. The molecule has 4 rings (SSSR count). The Bertz CT molecular complexity index is 778. The van der Waals surface area contributed by atoms with Gasteiger partial charge >= 0.3 is 0 Å². The third-order valence-electron chi connectivity index (χ3n) is 10.1. The van der Waals surface area contributed by atoms with Gasteiger partial charge in [-0.2, -0.15) is 0 Å². The fourth-order valence-corrected chi connectivity index (χ4v) is 8.13. The number of rotatable bonds is 8. The second-order valence-corrected chi connectivity index (χ2v) is 14.0. The molecule has 0 amide bonds. The highest BCUT2D eigenvalue weighted by molar-refractivity contribution is 6.29. The topological polar surface area (TPSA) is 15.3 Å². The van der Waals surface area contributed by atoms with Crippen LogP contribution in [0.25, 0.3) is 0 Å². The van der Waals surface area contributed by atoms with Gasteiger partial charge in [0, 0.05) is 30.7 Å². The zero-order chi connectivity index (χ0) is 25.0. The van der Waals surface area contributed by atoms with E-state index in [4.69, 9.17) is 11.6 Å². The van der Waals surface area contributed by atoms with Crippen LogP contribution in [0.1, 0.15) is 92.4 Å². The van der Waals surface area contributed by atoms with Crippen LogP contribution < -0.4 is 5.32 Å². The van der Waals surface area contributed by atoms with E-state index in [-0.39, 0.29) is 0 Å². The van der Waals surface area contributed by atoms with Crippen LogP contribution >= 0.6 is 11.6 Å². The van der Waals surface area contributed by atoms with Crippen LogP contribution in [0, 0.1) is 40.9 Å². The molecule has 2 nitrogen and oxygen atoms in total. The van der Waals surface area contributed by atoms with Crippen molar-refractivity contribution in [2.75, 3.05) is 26.2 Å². The van der Waals surface area contributed by atoms with Crippen molar-refractivity contribution in [1.82, 2.24) is 10.2 Å². The fourth-order valence-electron chi connectivity index (χ4n) is 7.93. The first-order chi connectivity index (χ1) is 16.7. The summed E-state index contributed by atoms with van der Waals surface area (Å²) in [5.41, 5.74) is 1.99. The minimum Gasteiger partial charge on any atom is -0.309 e. The van der Waals surface area contributed by atoms with Crippen LogP contribution in [0.2, 0.25) is 0 Å². The van der Waals surface area contributed by atoms with Crippen molar-refractivity contribution in [2.24, 2.45) is 40.9 Å². The molecule has 1 saturated carbocycles. The van der Waals surface area contributed by atoms with Crippen LogP contribution in [0.15, 0.2) is 34.9 Å². The molecule has 1 saturated heterocycles. The van der Waals surface area contributed by atoms with E-state index in [2.05, 4.69) is 69.1 Å². The number of allylic oxidation sites excluding steroid dienone is 5. The smallest absolute Gasteiger partial charge is 0.0221 e. The van der Waals surface area contributed by atoms with Crippen LogP contribution in [0.4, 0.5) is 0 Å². The van der Waals surface area contributed by atoms with Crippen molar-refractivity contribution in [3.63, 3.8) is 0 Å². The lowest BCUT2D eigenvalue weighted by molar-refractivity contribution is 0.0120. The second-order valence-electron chi connectivity index (χ2n) is 13.5. The van der Waals surface area contributed by atoms with Crippen LogP contribution in [-0.4, -0.2) is 37.1 Å². The van der Waals surface area contributed by atoms with E-state index in [9.17, 15) is 0 Å². The summed E-state index contributed by atoms with van der Waals surface area (Å²) in [6.45, 7) is 17.0. The molecule has 1 heterocycles. The number of nitrogens with zero attached hydrogens (tertiary/aromatic N) is 1. The molecule has 2 fully saturated rings. The van der Waals surface area contributed by atoms with Gasteiger partial charge in [0.15, 0.2) is 0 Å². The van der Waals surface area contributed by atoms with Gasteiger partial charge in [-0.1, -0.05) is 95.4 Å². The number of likely N-dealkylation sites (tertiary alicyclic amines) is 1. The molecule has 3 aliphatic carbocycles. The van der Waals surface area contributed by atoms with Crippen molar-refractivity contribution < 1.29 is 0 Å². The zero-order valence-electron chi connectivity index (χ0n) is 23.4. The van der Waals surface area contributed by atoms with Gasteiger partial charge in [-0.05, 0) is 86.0 Å². The van der Waals surface area contributed by atoms with Gasteiger partial charge in [0.05, 0.1) is 0 Å². The summed E-state index contributed by atoms with van der Waals surface area (Å²) in [4.78, 5) is 2.77. The lowest BCUT2D eigenvalue weighted by Crippen LogP contribution is -2.53. The highest BCUT2D eigenvalue weighted by Gasteiger charge is 2.40. The third-order valence-corrected chi connectivity index (χ3v) is 10.5. The molecule has 6 atom stereocenters. The van der Waals surface area contributed by atoms with E-state index in [1.165, 1.54) is 71.0 Å². The quantitative estimate of drug-likeness (QED) is 0.361. The molecule has 1 N–H and O–H groups in total. The Balaban J connectivity index is 1.28. The van der Waals surface area contributed by atoms with E-state index in [0.29, 0.717) is 17.4 Å². The van der Waals surface area contributed by atoms with Crippen molar-refractivity contribution in [3.05, 3.63) is 34.9 Å². The average Bonchev–Trinajstić information content (AvgIpc) is 2.82. The van der Waals surface area contributed by atoms with Crippen LogP contribution in [0.5, 0.6) is 0 Å². The van der Waals surface area contributed by atoms with Crippen molar-refractivity contribution >= 4 is 11.6 Å². The number of hydrogen-bond acceptors (Lipinski definition) is 2. The van der Waals surface area contributed by atoms with E-state index in [1.54, 1.807) is 5.57 Å². The first kappa shape index (κ1) is 27.5. The summed E-state index contributed by atoms with van der Waals surface area (Å²) in [6, 6.07) is 0.553. The molecule has 0 aromatic rings. The lowest BCUT2D eigenvalue weighted by atomic mass is 9.65. The number of nitrogens with one attached hydrogen (secondary N) is 1. The Morgan fingerprint density at radius 1 is 1.14 bits per heavy atom. The number of piperidine rings is 1. The van der Waals surface area contributed by atoms with Gasteiger partial charge in [-0.25, -0.2) is 0 Å². The van der Waals surface area contributed by atoms with Crippen molar-refractivity contribution in [2.45, 2.75) is 98.4 Å². The van der Waals surface area contributed by atoms with Gasteiger partial charge in [0.25, 0.3) is 0 Å². The monoisotopic (exact) mass is 500 g/mol. The normalized spacial score (nSPS) is 35.0. The predicted octanol–water partition coefficient (Wildman–Crippen LogP) is 8.20. The third kappa shape index (κ3) is 7.26. The molecule has 0 radical (unpaired) electrons. The summed E-state index contributed by atoms with van der Waals surface area (Å²) in [6.07, 6.45) is 21.5. The molecule has 198 valence electrons. The minimum atomic E-state index is 0.378. The molecule has 4 unspecified atom stereocenters. The molecular weight excluding hydrogens is 448 g/mol. The average molecular weight is 501 g/mol. The van der Waals surface area contributed by atoms with Gasteiger partial charge in [0.1, 0.15) is 0 Å². The number of hydrogen-bond donors (Lipinski definition) is 1. The highest BCUT2D eigenvalue weighted by atomic mass is 35.5. The largest absolute Gasteiger partial charge is 0.309 e. The maximum Gasteiger partial charge on any atom is 0.0221 e. The Morgan fingerprint density at radius 3 is 2.63 bits per heavy atom. The summed E-state index contributed by atoms with van der Waals surface area (Å²) in [7, 11) is 0. The Morgan fingerprint density at radius 2 is 1.94 bits per heavy atom. The molecule has 3 heteroatoms. The van der Waals surface area contributed by atoms with E-state index < -0.39 is 0 Å². The summed E-state index contributed by atoms with van der Waals surface area (Å²) < 4.78 is 0. The van der Waals surface area contributed by atoms with Crippen LogP contribution in [-0.2, 0) is 0 Å². The summed E-state index contributed by atoms with van der Waals surface area (Å²) >= 11 is 6.28. The molecule has 1 aliphatic heterocycles. The first-order valence-electron chi connectivity index (χ1n) is 14.9. The summed E-state index contributed by atoms with van der Waals surface area (Å²) in [5.74, 6) is 4.83. The van der Waals surface area contributed by atoms with E-state index >= 15 is 0 Å². The van der Waals surface area contributed by atoms with Gasteiger partial charge in [-0.15, -0.1) is 0 Å². The standard InChI is InChI=1S/C32H53ClN2/c1-23(2)31(34-20-25-10-8-11-27(19-25)29-12-7-6-9-24(29)3)21-35-18-17-30(32(4,5)22-35)26-13-15-28(33)16-14-26/h8,10-11,15,23-24,26-27,29-31,34H,6-7,9,12-14,16-22H2,1-5H3/t24?,26?,27?,29?,30-,31+/m1/s1.